The Bertz CT molecular complexity index is 708. The lowest BCUT2D eigenvalue weighted by molar-refractivity contribution is -0.145. The number of hydrogen-bond donors (Lipinski definition) is 0. The van der Waals surface area contributed by atoms with Crippen molar-refractivity contribution in [2.45, 2.75) is 72.9 Å². The van der Waals surface area contributed by atoms with E-state index in [4.69, 9.17) is 0 Å². The number of anilines is 1. The molecule has 142 valence electrons. The van der Waals surface area contributed by atoms with E-state index in [0.717, 1.165) is 5.56 Å². The SMILES string of the molecule is Cc1ccc(N2C(=O)CC(N(C(=O)CC(C)(C)C)C(C)(C)C)C2=O)cc1. The summed E-state index contributed by atoms with van der Waals surface area (Å²) in [6.45, 7) is 13.6. The molecule has 0 bridgehead atoms. The van der Waals surface area contributed by atoms with Crippen LogP contribution in [0.1, 0.15) is 59.9 Å². The monoisotopic (exact) mass is 358 g/mol. The Labute approximate surface area is 156 Å². The van der Waals surface area contributed by atoms with Crippen LogP contribution >= 0.6 is 0 Å². The Hall–Kier alpha value is -2.17. The van der Waals surface area contributed by atoms with Crippen LogP contribution in [-0.2, 0) is 14.4 Å². The van der Waals surface area contributed by atoms with Crippen molar-refractivity contribution >= 4 is 23.4 Å². The molecule has 0 N–H and O–H groups in total. The average Bonchev–Trinajstić information content (AvgIpc) is 2.72. The molecule has 1 saturated heterocycles. The zero-order valence-corrected chi connectivity index (χ0v) is 16.9. The normalized spacial score (nSPS) is 18.4. The Kier molecular flexibility index (Phi) is 5.31. The number of rotatable bonds is 3. The van der Waals surface area contributed by atoms with Gasteiger partial charge in [-0.2, -0.15) is 0 Å². The molecule has 0 radical (unpaired) electrons. The first-order valence-electron chi connectivity index (χ1n) is 9.07. The van der Waals surface area contributed by atoms with Crippen molar-refractivity contribution in [3.63, 3.8) is 0 Å². The zero-order valence-electron chi connectivity index (χ0n) is 16.9. The van der Waals surface area contributed by atoms with Crippen LogP contribution in [0.3, 0.4) is 0 Å². The van der Waals surface area contributed by atoms with Gasteiger partial charge in [0.15, 0.2) is 0 Å². The standard InChI is InChI=1S/C21H30N2O3/c1-14-8-10-15(11-9-14)22-17(24)12-16(19(22)26)23(21(5,6)7)18(25)13-20(2,3)4/h8-11,16H,12-13H2,1-7H3. The number of carbonyl (C=O) groups excluding carboxylic acids is 3. The first-order valence-corrected chi connectivity index (χ1v) is 9.07. The van der Waals surface area contributed by atoms with Gasteiger partial charge in [0.1, 0.15) is 6.04 Å². The van der Waals surface area contributed by atoms with Gasteiger partial charge in [0.2, 0.25) is 11.8 Å². The molecule has 0 saturated carbocycles. The van der Waals surface area contributed by atoms with Crippen LogP contribution in [0, 0.1) is 12.3 Å². The molecule has 3 amide bonds. The smallest absolute Gasteiger partial charge is 0.257 e. The predicted octanol–water partition coefficient (Wildman–Crippen LogP) is 3.69. The maximum Gasteiger partial charge on any atom is 0.257 e. The van der Waals surface area contributed by atoms with Crippen molar-refractivity contribution in [1.29, 1.82) is 0 Å². The van der Waals surface area contributed by atoms with E-state index in [1.165, 1.54) is 4.90 Å². The summed E-state index contributed by atoms with van der Waals surface area (Å²) in [5.41, 5.74) is 0.876. The molecule has 0 aliphatic carbocycles. The average molecular weight is 358 g/mol. The van der Waals surface area contributed by atoms with Crippen LogP contribution in [0.4, 0.5) is 5.69 Å². The summed E-state index contributed by atoms with van der Waals surface area (Å²) in [6, 6.07) is 6.53. The molecule has 1 aromatic carbocycles. The number of nitrogens with zero attached hydrogens (tertiary/aromatic N) is 2. The van der Waals surface area contributed by atoms with Crippen molar-refractivity contribution in [3.8, 4) is 0 Å². The minimum Gasteiger partial charge on any atom is -0.325 e. The van der Waals surface area contributed by atoms with Gasteiger partial charge in [-0.3, -0.25) is 14.4 Å². The van der Waals surface area contributed by atoms with Gasteiger partial charge < -0.3 is 4.90 Å². The van der Waals surface area contributed by atoms with Crippen LogP contribution in [-0.4, -0.2) is 34.2 Å². The summed E-state index contributed by atoms with van der Waals surface area (Å²) in [4.78, 5) is 41.5. The lowest BCUT2D eigenvalue weighted by Gasteiger charge is -2.40. The third-order valence-electron chi connectivity index (χ3n) is 4.40. The molecule has 1 heterocycles. The minimum absolute atomic E-state index is 0.0276. The molecule has 0 spiro atoms. The van der Waals surface area contributed by atoms with E-state index in [9.17, 15) is 14.4 Å². The number of aryl methyl sites for hydroxylation is 1. The largest absolute Gasteiger partial charge is 0.325 e. The van der Waals surface area contributed by atoms with Crippen LogP contribution in [0.2, 0.25) is 0 Å². The van der Waals surface area contributed by atoms with Gasteiger partial charge in [-0.05, 0) is 45.2 Å². The summed E-state index contributed by atoms with van der Waals surface area (Å²) < 4.78 is 0. The molecule has 5 nitrogen and oxygen atoms in total. The van der Waals surface area contributed by atoms with Crippen molar-refractivity contribution in [2.75, 3.05) is 4.90 Å². The molecule has 1 aliphatic rings. The molecule has 1 fully saturated rings. The fourth-order valence-electron chi connectivity index (χ4n) is 3.34. The minimum atomic E-state index is -0.751. The molecule has 26 heavy (non-hydrogen) atoms. The van der Waals surface area contributed by atoms with Crippen molar-refractivity contribution in [1.82, 2.24) is 4.90 Å². The summed E-state index contributed by atoms with van der Waals surface area (Å²) >= 11 is 0. The summed E-state index contributed by atoms with van der Waals surface area (Å²) in [7, 11) is 0. The molecular formula is C21H30N2O3. The fourth-order valence-corrected chi connectivity index (χ4v) is 3.34. The van der Waals surface area contributed by atoms with Gasteiger partial charge in [-0.25, -0.2) is 4.90 Å². The van der Waals surface area contributed by atoms with Crippen LogP contribution < -0.4 is 4.90 Å². The number of hydrogen-bond acceptors (Lipinski definition) is 3. The second kappa shape index (κ2) is 6.86. The molecule has 1 aliphatic heterocycles. The lowest BCUT2D eigenvalue weighted by Crippen LogP contribution is -2.55. The van der Waals surface area contributed by atoms with Crippen LogP contribution in [0.25, 0.3) is 0 Å². The highest BCUT2D eigenvalue weighted by molar-refractivity contribution is 6.23. The van der Waals surface area contributed by atoms with Crippen LogP contribution in [0.5, 0.6) is 0 Å². The Morgan fingerprint density at radius 3 is 2.08 bits per heavy atom. The van der Waals surface area contributed by atoms with E-state index in [-0.39, 0.29) is 29.6 Å². The number of amides is 3. The number of carbonyl (C=O) groups is 3. The Morgan fingerprint density at radius 1 is 1.08 bits per heavy atom. The third kappa shape index (κ3) is 4.32. The highest BCUT2D eigenvalue weighted by Crippen LogP contribution is 2.32. The fraction of sp³-hybridized carbons (Fsp3) is 0.571. The zero-order chi connectivity index (χ0) is 19.9. The molecule has 5 heteroatoms. The van der Waals surface area contributed by atoms with E-state index in [1.54, 1.807) is 17.0 Å². The van der Waals surface area contributed by atoms with Crippen LogP contribution in [0.15, 0.2) is 24.3 Å². The second-order valence-electron chi connectivity index (χ2n) is 9.29. The van der Waals surface area contributed by atoms with E-state index < -0.39 is 11.6 Å². The first-order chi connectivity index (χ1) is 11.8. The molecule has 1 aromatic rings. The predicted molar refractivity (Wildman–Crippen MR) is 103 cm³/mol. The molecule has 1 unspecified atom stereocenters. The second-order valence-corrected chi connectivity index (χ2v) is 9.29. The number of benzene rings is 1. The summed E-state index contributed by atoms with van der Waals surface area (Å²) in [5.74, 6) is -0.681. The van der Waals surface area contributed by atoms with E-state index in [1.807, 2.05) is 60.6 Å². The highest BCUT2D eigenvalue weighted by Gasteiger charge is 2.47. The van der Waals surface area contributed by atoms with Gasteiger partial charge >= 0.3 is 0 Å². The van der Waals surface area contributed by atoms with Crippen molar-refractivity contribution in [3.05, 3.63) is 29.8 Å². The van der Waals surface area contributed by atoms with E-state index in [0.29, 0.717) is 12.1 Å². The first kappa shape index (κ1) is 20.1. The van der Waals surface area contributed by atoms with E-state index in [2.05, 4.69) is 0 Å². The van der Waals surface area contributed by atoms with Gasteiger partial charge in [0, 0.05) is 12.0 Å². The highest BCUT2D eigenvalue weighted by atomic mass is 16.2. The summed E-state index contributed by atoms with van der Waals surface area (Å²) in [6.07, 6.45) is 0.354. The van der Waals surface area contributed by atoms with E-state index >= 15 is 0 Å². The van der Waals surface area contributed by atoms with Gasteiger partial charge in [-0.15, -0.1) is 0 Å². The molecule has 1 atom stereocenters. The van der Waals surface area contributed by atoms with Gasteiger partial charge in [0.25, 0.3) is 5.91 Å². The lowest BCUT2D eigenvalue weighted by atomic mass is 9.89. The maximum absolute atomic E-state index is 13.1. The topological polar surface area (TPSA) is 57.7 Å². The Morgan fingerprint density at radius 2 is 1.62 bits per heavy atom. The molecular weight excluding hydrogens is 328 g/mol. The van der Waals surface area contributed by atoms with Gasteiger partial charge in [0.05, 0.1) is 12.1 Å². The van der Waals surface area contributed by atoms with Crippen molar-refractivity contribution < 1.29 is 14.4 Å². The Balaban J connectivity index is 2.35. The summed E-state index contributed by atoms with van der Waals surface area (Å²) in [5, 5.41) is 0. The molecule has 0 aromatic heterocycles. The third-order valence-corrected chi connectivity index (χ3v) is 4.40. The quantitative estimate of drug-likeness (QED) is 0.774. The molecule has 2 rings (SSSR count). The number of imide groups is 1. The maximum atomic E-state index is 13.1. The van der Waals surface area contributed by atoms with Crippen molar-refractivity contribution in [2.24, 2.45) is 5.41 Å². The van der Waals surface area contributed by atoms with Gasteiger partial charge in [-0.1, -0.05) is 38.5 Å².